The van der Waals surface area contributed by atoms with Gasteiger partial charge in [0.05, 0.1) is 18.5 Å². The van der Waals surface area contributed by atoms with Crippen molar-refractivity contribution in [1.29, 1.82) is 5.26 Å². The third-order valence-corrected chi connectivity index (χ3v) is 4.58. The van der Waals surface area contributed by atoms with Crippen LogP contribution in [0.3, 0.4) is 0 Å². The maximum absolute atomic E-state index is 12.9. The second-order valence-corrected chi connectivity index (χ2v) is 6.33. The standard InChI is InChI=1S/C22H20N4O3/c1-15-20(22(28)26(25(15)2)18-7-5-4-6-8-18)24-21(27)17(14-23)13-16-9-11-19(29-3)12-10-16/h4-13H,1-3H3,(H,24,27). The number of benzene rings is 2. The van der Waals surface area contributed by atoms with E-state index in [2.05, 4.69) is 5.32 Å². The Bertz CT molecular complexity index is 1160. The largest absolute Gasteiger partial charge is 0.497 e. The molecule has 7 heteroatoms. The maximum atomic E-state index is 12.9. The van der Waals surface area contributed by atoms with E-state index in [-0.39, 0.29) is 16.8 Å². The number of nitrogens with one attached hydrogen (secondary N) is 1. The number of para-hydroxylation sites is 1. The van der Waals surface area contributed by atoms with Crippen LogP contribution in [-0.4, -0.2) is 22.4 Å². The van der Waals surface area contributed by atoms with Crippen LogP contribution in [0, 0.1) is 18.3 Å². The lowest BCUT2D eigenvalue weighted by Crippen LogP contribution is -2.23. The lowest BCUT2D eigenvalue weighted by Gasteiger charge is -2.07. The molecule has 0 saturated heterocycles. The number of carbonyl (C=O) groups is 1. The Labute approximate surface area is 168 Å². The second kappa shape index (κ2) is 8.31. The number of hydrogen-bond donors (Lipinski definition) is 1. The normalized spacial score (nSPS) is 11.0. The van der Waals surface area contributed by atoms with Gasteiger partial charge in [-0.2, -0.15) is 5.26 Å². The molecule has 0 aliphatic heterocycles. The first kappa shape index (κ1) is 19.7. The van der Waals surface area contributed by atoms with Crippen LogP contribution in [0.5, 0.6) is 5.75 Å². The fourth-order valence-electron chi connectivity index (χ4n) is 2.91. The molecule has 0 bridgehead atoms. The van der Waals surface area contributed by atoms with Crippen molar-refractivity contribution in [1.82, 2.24) is 9.36 Å². The van der Waals surface area contributed by atoms with Crippen LogP contribution in [0.25, 0.3) is 11.8 Å². The summed E-state index contributed by atoms with van der Waals surface area (Å²) in [6.07, 6.45) is 1.46. The number of nitriles is 1. The lowest BCUT2D eigenvalue weighted by molar-refractivity contribution is -0.112. The molecule has 0 aliphatic rings. The highest BCUT2D eigenvalue weighted by Crippen LogP contribution is 2.17. The molecule has 1 N–H and O–H groups in total. The number of hydrogen-bond acceptors (Lipinski definition) is 4. The van der Waals surface area contributed by atoms with Crippen molar-refractivity contribution in [3.63, 3.8) is 0 Å². The zero-order valence-electron chi connectivity index (χ0n) is 16.3. The molecule has 29 heavy (non-hydrogen) atoms. The summed E-state index contributed by atoms with van der Waals surface area (Å²) in [6, 6.07) is 18.0. The molecule has 3 rings (SSSR count). The van der Waals surface area contributed by atoms with Crippen molar-refractivity contribution in [2.75, 3.05) is 12.4 Å². The van der Waals surface area contributed by atoms with Crippen molar-refractivity contribution in [2.45, 2.75) is 6.92 Å². The summed E-state index contributed by atoms with van der Waals surface area (Å²) >= 11 is 0. The van der Waals surface area contributed by atoms with Gasteiger partial charge in [0.25, 0.3) is 11.5 Å². The van der Waals surface area contributed by atoms with Gasteiger partial charge in [0, 0.05) is 7.05 Å². The van der Waals surface area contributed by atoms with Crippen LogP contribution < -0.4 is 15.6 Å². The fourth-order valence-corrected chi connectivity index (χ4v) is 2.91. The number of aromatic nitrogens is 2. The van der Waals surface area contributed by atoms with Gasteiger partial charge < -0.3 is 10.1 Å². The summed E-state index contributed by atoms with van der Waals surface area (Å²) in [5.41, 5.74) is 1.59. The average Bonchev–Trinajstić information content (AvgIpc) is 2.96. The molecule has 1 aromatic heterocycles. The number of nitrogens with zero attached hydrogens (tertiary/aromatic N) is 3. The smallest absolute Gasteiger partial charge is 0.295 e. The van der Waals surface area contributed by atoms with Gasteiger partial charge in [0.2, 0.25) is 0 Å². The lowest BCUT2D eigenvalue weighted by atomic mass is 10.1. The molecule has 7 nitrogen and oxygen atoms in total. The Hall–Kier alpha value is -4.05. The van der Waals surface area contributed by atoms with E-state index in [0.717, 1.165) is 0 Å². The fraction of sp³-hybridized carbons (Fsp3) is 0.136. The molecule has 146 valence electrons. The Balaban J connectivity index is 1.93. The summed E-state index contributed by atoms with van der Waals surface area (Å²) in [7, 11) is 3.29. The third kappa shape index (κ3) is 3.96. The van der Waals surface area contributed by atoms with E-state index in [0.29, 0.717) is 22.7 Å². The molecule has 0 saturated carbocycles. The molecule has 0 aliphatic carbocycles. The highest BCUT2D eigenvalue weighted by atomic mass is 16.5. The number of amides is 1. The highest BCUT2D eigenvalue weighted by Gasteiger charge is 2.19. The summed E-state index contributed by atoms with van der Waals surface area (Å²) in [5, 5.41) is 12.0. The van der Waals surface area contributed by atoms with Crippen molar-refractivity contribution < 1.29 is 9.53 Å². The van der Waals surface area contributed by atoms with E-state index in [1.54, 1.807) is 62.2 Å². The molecule has 3 aromatic rings. The summed E-state index contributed by atoms with van der Waals surface area (Å²) in [6.45, 7) is 1.73. The molecule has 0 atom stereocenters. The van der Waals surface area contributed by atoms with Crippen LogP contribution in [0.1, 0.15) is 11.3 Å². The first-order valence-corrected chi connectivity index (χ1v) is 8.87. The van der Waals surface area contributed by atoms with Crippen LogP contribution in [0.15, 0.2) is 65.0 Å². The zero-order chi connectivity index (χ0) is 21.0. The zero-order valence-corrected chi connectivity index (χ0v) is 16.3. The van der Waals surface area contributed by atoms with Gasteiger partial charge in [0.15, 0.2) is 0 Å². The van der Waals surface area contributed by atoms with Gasteiger partial charge in [-0.25, -0.2) is 4.68 Å². The van der Waals surface area contributed by atoms with Crippen molar-refractivity contribution in [3.05, 3.63) is 81.8 Å². The van der Waals surface area contributed by atoms with Gasteiger partial charge in [-0.05, 0) is 42.8 Å². The number of rotatable bonds is 5. The topological polar surface area (TPSA) is 89.0 Å². The van der Waals surface area contributed by atoms with Gasteiger partial charge in [-0.3, -0.25) is 14.3 Å². The van der Waals surface area contributed by atoms with E-state index in [1.807, 2.05) is 24.3 Å². The first-order chi connectivity index (χ1) is 14.0. The van der Waals surface area contributed by atoms with Crippen LogP contribution in [0.4, 0.5) is 5.69 Å². The average molecular weight is 388 g/mol. The number of methoxy groups -OCH3 is 1. The van der Waals surface area contributed by atoms with E-state index < -0.39 is 5.91 Å². The number of carbonyl (C=O) groups excluding carboxylic acids is 1. The Morgan fingerprint density at radius 1 is 1.14 bits per heavy atom. The summed E-state index contributed by atoms with van der Waals surface area (Å²) in [5.74, 6) is 0.0285. The van der Waals surface area contributed by atoms with Crippen LogP contribution in [-0.2, 0) is 11.8 Å². The minimum atomic E-state index is -0.644. The van der Waals surface area contributed by atoms with Crippen LogP contribution in [0.2, 0.25) is 0 Å². The number of ether oxygens (including phenoxy) is 1. The Kier molecular flexibility index (Phi) is 5.65. The SMILES string of the molecule is COc1ccc(C=C(C#N)C(=O)Nc2c(C)n(C)n(-c3ccccc3)c2=O)cc1. The molecule has 2 aromatic carbocycles. The molecule has 0 unspecified atom stereocenters. The highest BCUT2D eigenvalue weighted by molar-refractivity contribution is 6.09. The molecule has 1 heterocycles. The predicted octanol–water partition coefficient (Wildman–Crippen LogP) is 3.04. The summed E-state index contributed by atoms with van der Waals surface area (Å²) < 4.78 is 8.22. The molecular formula is C22H20N4O3. The van der Waals surface area contributed by atoms with E-state index in [4.69, 9.17) is 4.74 Å². The minimum absolute atomic E-state index is 0.107. The van der Waals surface area contributed by atoms with Gasteiger partial charge in [-0.15, -0.1) is 0 Å². The predicted molar refractivity (Wildman–Crippen MR) is 111 cm³/mol. The number of anilines is 1. The second-order valence-electron chi connectivity index (χ2n) is 6.33. The Morgan fingerprint density at radius 3 is 2.38 bits per heavy atom. The van der Waals surface area contributed by atoms with Crippen molar-refractivity contribution >= 4 is 17.7 Å². The van der Waals surface area contributed by atoms with Crippen molar-refractivity contribution in [3.8, 4) is 17.5 Å². The molecule has 0 radical (unpaired) electrons. The minimum Gasteiger partial charge on any atom is -0.497 e. The van der Waals surface area contributed by atoms with Crippen molar-refractivity contribution in [2.24, 2.45) is 7.05 Å². The van der Waals surface area contributed by atoms with E-state index in [1.165, 1.54) is 10.8 Å². The quantitative estimate of drug-likeness (QED) is 0.537. The van der Waals surface area contributed by atoms with Gasteiger partial charge in [0.1, 0.15) is 23.1 Å². The van der Waals surface area contributed by atoms with Crippen LogP contribution >= 0.6 is 0 Å². The molecule has 0 fully saturated rings. The molecular weight excluding hydrogens is 368 g/mol. The molecule has 0 spiro atoms. The maximum Gasteiger partial charge on any atom is 0.295 e. The summed E-state index contributed by atoms with van der Waals surface area (Å²) in [4.78, 5) is 25.5. The monoisotopic (exact) mass is 388 g/mol. The third-order valence-electron chi connectivity index (χ3n) is 4.58. The first-order valence-electron chi connectivity index (χ1n) is 8.87. The van der Waals surface area contributed by atoms with Gasteiger partial charge >= 0.3 is 0 Å². The van der Waals surface area contributed by atoms with Gasteiger partial charge in [-0.1, -0.05) is 30.3 Å². The Morgan fingerprint density at radius 2 is 1.79 bits per heavy atom. The molecule has 1 amide bonds. The van der Waals surface area contributed by atoms with E-state index >= 15 is 0 Å². The van der Waals surface area contributed by atoms with E-state index in [9.17, 15) is 14.9 Å².